The van der Waals surface area contributed by atoms with Gasteiger partial charge in [-0.05, 0) is 101 Å². The van der Waals surface area contributed by atoms with Gasteiger partial charge in [0.05, 0.1) is 14.2 Å². The van der Waals surface area contributed by atoms with Crippen LogP contribution >= 0.6 is 0 Å². The molecular weight excluding hydrogens is 516 g/mol. The third kappa shape index (κ3) is 4.98. The van der Waals surface area contributed by atoms with Crippen molar-refractivity contribution >= 4 is 20.2 Å². The maximum absolute atomic E-state index is 12.9. The van der Waals surface area contributed by atoms with E-state index in [9.17, 15) is 16.8 Å². The Kier molecular flexibility index (Phi) is 6.30. The lowest BCUT2D eigenvalue weighted by atomic mass is 10.1. The zero-order valence-electron chi connectivity index (χ0n) is 19.9. The van der Waals surface area contributed by atoms with Crippen LogP contribution < -0.4 is 17.8 Å². The second kappa shape index (κ2) is 9.45. The zero-order chi connectivity index (χ0) is 26.2. The average molecular weight is 539 g/mol. The quantitative estimate of drug-likeness (QED) is 0.259. The molecule has 4 aromatic carbocycles. The molecular formula is C27H22O8S2. The van der Waals surface area contributed by atoms with Crippen molar-refractivity contribution in [1.29, 1.82) is 0 Å². The van der Waals surface area contributed by atoms with Crippen LogP contribution in [0.2, 0.25) is 0 Å². The molecule has 10 heteroatoms. The monoisotopic (exact) mass is 538 g/mol. The molecule has 4 aromatic rings. The van der Waals surface area contributed by atoms with Gasteiger partial charge in [-0.1, -0.05) is 12.1 Å². The topological polar surface area (TPSA) is 105 Å². The summed E-state index contributed by atoms with van der Waals surface area (Å²) in [5.74, 6) is 1.49. The summed E-state index contributed by atoms with van der Waals surface area (Å²) in [7, 11) is -5.13. The highest BCUT2D eigenvalue weighted by atomic mass is 32.2. The molecule has 190 valence electrons. The lowest BCUT2D eigenvalue weighted by Gasteiger charge is -2.10. The maximum Gasteiger partial charge on any atom is 0.339 e. The van der Waals surface area contributed by atoms with Crippen LogP contribution in [-0.4, -0.2) is 31.1 Å². The van der Waals surface area contributed by atoms with Crippen LogP contribution in [-0.2, 0) is 26.7 Å². The number of methoxy groups -OCH3 is 2. The largest absolute Gasteiger partial charge is 0.497 e. The predicted molar refractivity (Wildman–Crippen MR) is 136 cm³/mol. The van der Waals surface area contributed by atoms with Gasteiger partial charge in [0, 0.05) is 0 Å². The number of hydrogen-bond acceptors (Lipinski definition) is 8. The summed E-state index contributed by atoms with van der Waals surface area (Å²) in [6.45, 7) is 0. The maximum atomic E-state index is 12.9. The first-order valence-corrected chi connectivity index (χ1v) is 13.9. The molecule has 0 fully saturated rings. The molecule has 1 aliphatic carbocycles. The summed E-state index contributed by atoms with van der Waals surface area (Å²) in [5, 5.41) is 0. The Morgan fingerprint density at radius 1 is 0.514 bits per heavy atom. The van der Waals surface area contributed by atoms with Gasteiger partial charge in [0.1, 0.15) is 32.8 Å². The molecule has 0 heterocycles. The van der Waals surface area contributed by atoms with Crippen molar-refractivity contribution in [1.82, 2.24) is 0 Å². The zero-order valence-corrected chi connectivity index (χ0v) is 21.5. The standard InChI is InChI=1S/C27H22O8S2/c1-32-20-3-7-22(8-4-20)34-36(28,29)24-11-13-26-18(16-24)15-19-17-25(12-14-27(19)26)37(30,31)35-23-9-5-21(33-2)6-10-23/h3-14,16-17H,15H2,1-2H3. The minimum atomic E-state index is -4.08. The van der Waals surface area contributed by atoms with E-state index in [1.807, 2.05) is 0 Å². The van der Waals surface area contributed by atoms with E-state index >= 15 is 0 Å². The van der Waals surface area contributed by atoms with E-state index in [0.717, 1.165) is 22.3 Å². The van der Waals surface area contributed by atoms with Crippen LogP contribution in [0.3, 0.4) is 0 Å². The molecule has 0 atom stereocenters. The molecule has 0 unspecified atom stereocenters. The highest BCUT2D eigenvalue weighted by Crippen LogP contribution is 2.39. The molecule has 0 spiro atoms. The average Bonchev–Trinajstić information content (AvgIpc) is 3.26. The molecule has 1 aliphatic rings. The number of rotatable bonds is 8. The summed E-state index contributed by atoms with van der Waals surface area (Å²) in [5.41, 5.74) is 3.16. The van der Waals surface area contributed by atoms with Crippen molar-refractivity contribution in [3.63, 3.8) is 0 Å². The Bertz CT molecular complexity index is 1550. The highest BCUT2D eigenvalue weighted by Gasteiger charge is 2.26. The molecule has 5 rings (SSSR count). The van der Waals surface area contributed by atoms with Crippen molar-refractivity contribution in [2.75, 3.05) is 14.2 Å². The molecule has 0 aliphatic heterocycles. The first-order chi connectivity index (χ1) is 17.7. The van der Waals surface area contributed by atoms with Gasteiger partial charge in [0.15, 0.2) is 0 Å². The van der Waals surface area contributed by atoms with Crippen molar-refractivity contribution in [3.05, 3.63) is 96.1 Å². The van der Waals surface area contributed by atoms with Gasteiger partial charge in [-0.3, -0.25) is 0 Å². The van der Waals surface area contributed by atoms with E-state index in [0.29, 0.717) is 17.9 Å². The fourth-order valence-corrected chi connectivity index (χ4v) is 6.05. The van der Waals surface area contributed by atoms with E-state index in [1.54, 1.807) is 48.5 Å². The normalized spacial score (nSPS) is 12.4. The Morgan fingerprint density at radius 3 is 1.22 bits per heavy atom. The molecule has 0 saturated heterocycles. The Hall–Kier alpha value is -4.02. The lowest BCUT2D eigenvalue weighted by Crippen LogP contribution is -2.10. The summed E-state index contributed by atoms with van der Waals surface area (Å²) in [6, 6.07) is 21.9. The molecule has 0 bridgehead atoms. The second-order valence-corrected chi connectivity index (χ2v) is 11.3. The molecule has 0 radical (unpaired) electrons. The fraction of sp³-hybridized carbons (Fsp3) is 0.111. The van der Waals surface area contributed by atoms with Crippen molar-refractivity contribution in [3.8, 4) is 34.1 Å². The van der Waals surface area contributed by atoms with Gasteiger partial charge in [0.25, 0.3) is 0 Å². The molecule has 8 nitrogen and oxygen atoms in total. The third-order valence-corrected chi connectivity index (χ3v) is 8.42. The Morgan fingerprint density at radius 2 is 0.865 bits per heavy atom. The van der Waals surface area contributed by atoms with Gasteiger partial charge in [-0.25, -0.2) is 0 Å². The number of fused-ring (bicyclic) bond motifs is 3. The number of hydrogen-bond donors (Lipinski definition) is 0. The Balaban J connectivity index is 1.37. The summed E-state index contributed by atoms with van der Waals surface area (Å²) in [4.78, 5) is 0.0103. The molecule has 0 N–H and O–H groups in total. The molecule has 0 saturated carbocycles. The van der Waals surface area contributed by atoms with Crippen LogP contribution in [0.1, 0.15) is 11.1 Å². The van der Waals surface area contributed by atoms with Crippen LogP contribution in [0.25, 0.3) is 11.1 Å². The summed E-state index contributed by atoms with van der Waals surface area (Å²) < 4.78 is 72.2. The Labute approximate surface area is 215 Å². The van der Waals surface area contributed by atoms with Gasteiger partial charge in [0.2, 0.25) is 0 Å². The smallest absolute Gasteiger partial charge is 0.339 e. The lowest BCUT2D eigenvalue weighted by molar-refractivity contribution is 0.413. The van der Waals surface area contributed by atoms with E-state index < -0.39 is 20.2 Å². The number of benzene rings is 4. The fourth-order valence-electron chi connectivity index (χ4n) is 4.09. The van der Waals surface area contributed by atoms with Crippen molar-refractivity contribution in [2.24, 2.45) is 0 Å². The minimum absolute atomic E-state index is 0.00515. The van der Waals surface area contributed by atoms with Crippen molar-refractivity contribution in [2.45, 2.75) is 16.2 Å². The highest BCUT2D eigenvalue weighted by molar-refractivity contribution is 7.87. The third-order valence-electron chi connectivity index (χ3n) is 5.93. The minimum Gasteiger partial charge on any atom is -0.497 e. The summed E-state index contributed by atoms with van der Waals surface area (Å²) in [6.07, 6.45) is 0.364. The van der Waals surface area contributed by atoms with E-state index in [2.05, 4.69) is 0 Å². The van der Waals surface area contributed by atoms with Crippen LogP contribution in [0, 0.1) is 0 Å². The first-order valence-electron chi connectivity index (χ1n) is 11.1. The van der Waals surface area contributed by atoms with Gasteiger partial charge >= 0.3 is 20.2 Å². The van der Waals surface area contributed by atoms with Gasteiger partial charge in [-0.15, -0.1) is 0 Å². The first kappa shape index (κ1) is 24.7. The van der Waals surface area contributed by atoms with Crippen molar-refractivity contribution < 1.29 is 34.7 Å². The van der Waals surface area contributed by atoms with E-state index in [4.69, 9.17) is 17.8 Å². The van der Waals surface area contributed by atoms with Crippen LogP contribution in [0.15, 0.2) is 94.7 Å². The number of ether oxygens (including phenoxy) is 2. The van der Waals surface area contributed by atoms with Gasteiger partial charge < -0.3 is 17.8 Å². The second-order valence-electron chi connectivity index (χ2n) is 8.24. The summed E-state index contributed by atoms with van der Waals surface area (Å²) >= 11 is 0. The SMILES string of the molecule is COc1ccc(OS(=O)(=O)c2ccc3c(c2)Cc2cc(S(=O)(=O)Oc4ccc(OC)cc4)ccc2-3)cc1. The van der Waals surface area contributed by atoms with Gasteiger partial charge in [-0.2, -0.15) is 16.8 Å². The molecule has 37 heavy (non-hydrogen) atoms. The van der Waals surface area contributed by atoms with E-state index in [-0.39, 0.29) is 21.3 Å². The van der Waals surface area contributed by atoms with E-state index in [1.165, 1.54) is 50.6 Å². The molecule has 0 aromatic heterocycles. The van der Waals surface area contributed by atoms with Crippen LogP contribution in [0.5, 0.6) is 23.0 Å². The van der Waals surface area contributed by atoms with Crippen LogP contribution in [0.4, 0.5) is 0 Å². The predicted octanol–water partition coefficient (Wildman–Crippen LogP) is 4.81. The molecule has 0 amide bonds.